The summed E-state index contributed by atoms with van der Waals surface area (Å²) in [5.41, 5.74) is 2.22. The molecule has 1 aromatic heterocycles. The minimum absolute atomic E-state index is 0.140. The lowest BCUT2D eigenvalue weighted by Gasteiger charge is -2.06. The number of hydrogen-bond donors (Lipinski definition) is 0. The third-order valence-electron chi connectivity index (χ3n) is 4.12. The van der Waals surface area contributed by atoms with Crippen molar-refractivity contribution >= 4 is 27.5 Å². The highest BCUT2D eigenvalue weighted by Gasteiger charge is 2.09. The second-order valence-corrected chi connectivity index (χ2v) is 7.04. The van der Waals surface area contributed by atoms with Crippen molar-refractivity contribution in [1.82, 2.24) is 4.57 Å². The zero-order valence-corrected chi connectivity index (χ0v) is 16.8. The summed E-state index contributed by atoms with van der Waals surface area (Å²) in [4.78, 5) is 17.2. The summed E-state index contributed by atoms with van der Waals surface area (Å²) in [5, 5.41) is 0. The molecule has 3 aromatic rings. The van der Waals surface area contributed by atoms with Crippen LogP contribution in [0.5, 0.6) is 11.5 Å². The summed E-state index contributed by atoms with van der Waals surface area (Å²) in [6.45, 7) is 4.85. The maximum Gasteiger partial charge on any atom is 0.286 e. The standard InChI is InChI=1S/C22H22N2O3S/c1-4-13-24-19-12-7-16(5-2)14-20(19)28-22(24)23-21(25)15-27-18-10-8-17(9-11-18)26-6-3/h1,7-12,14H,5-6,13,15H2,2-3H3. The van der Waals surface area contributed by atoms with Crippen LogP contribution in [0, 0.1) is 12.3 Å². The smallest absolute Gasteiger partial charge is 0.286 e. The zero-order chi connectivity index (χ0) is 19.9. The summed E-state index contributed by atoms with van der Waals surface area (Å²) < 4.78 is 13.9. The lowest BCUT2D eigenvalue weighted by molar-refractivity contribution is -0.120. The Morgan fingerprint density at radius 1 is 1.14 bits per heavy atom. The molecule has 0 fully saturated rings. The maximum absolute atomic E-state index is 12.3. The number of amides is 1. The zero-order valence-electron chi connectivity index (χ0n) is 16.0. The van der Waals surface area contributed by atoms with Gasteiger partial charge in [-0.25, -0.2) is 0 Å². The molecule has 0 unspecified atom stereocenters. The minimum Gasteiger partial charge on any atom is -0.494 e. The van der Waals surface area contributed by atoms with E-state index in [2.05, 4.69) is 30.0 Å². The van der Waals surface area contributed by atoms with E-state index >= 15 is 0 Å². The first-order valence-corrected chi connectivity index (χ1v) is 9.95. The molecule has 2 aromatic carbocycles. The molecule has 0 saturated heterocycles. The van der Waals surface area contributed by atoms with E-state index in [0.29, 0.717) is 23.7 Å². The van der Waals surface area contributed by atoms with Gasteiger partial charge in [-0.3, -0.25) is 4.79 Å². The summed E-state index contributed by atoms with van der Waals surface area (Å²) in [6.07, 6.45) is 6.46. The first-order chi connectivity index (χ1) is 13.6. The number of terminal acetylenes is 1. The topological polar surface area (TPSA) is 52.8 Å². The summed E-state index contributed by atoms with van der Waals surface area (Å²) in [7, 11) is 0. The van der Waals surface area contributed by atoms with Crippen LogP contribution in [0.1, 0.15) is 19.4 Å². The maximum atomic E-state index is 12.3. The van der Waals surface area contributed by atoms with Gasteiger partial charge in [0.2, 0.25) is 0 Å². The van der Waals surface area contributed by atoms with Crippen LogP contribution in [-0.2, 0) is 17.8 Å². The fourth-order valence-electron chi connectivity index (χ4n) is 2.75. The molecular weight excluding hydrogens is 372 g/mol. The van der Waals surface area contributed by atoms with Crippen molar-refractivity contribution in [3.8, 4) is 23.8 Å². The average molecular weight is 394 g/mol. The highest BCUT2D eigenvalue weighted by atomic mass is 32.1. The van der Waals surface area contributed by atoms with E-state index in [1.54, 1.807) is 24.3 Å². The number of aryl methyl sites for hydroxylation is 1. The molecule has 0 spiro atoms. The van der Waals surface area contributed by atoms with Crippen molar-refractivity contribution in [2.45, 2.75) is 26.8 Å². The number of aromatic nitrogens is 1. The second kappa shape index (κ2) is 9.25. The molecule has 0 bridgehead atoms. The molecule has 0 aliphatic carbocycles. The van der Waals surface area contributed by atoms with Gasteiger partial charge in [0.1, 0.15) is 11.5 Å². The van der Waals surface area contributed by atoms with E-state index in [1.807, 2.05) is 17.6 Å². The van der Waals surface area contributed by atoms with Crippen LogP contribution in [0.2, 0.25) is 0 Å². The van der Waals surface area contributed by atoms with Gasteiger partial charge in [0, 0.05) is 0 Å². The molecule has 0 aliphatic rings. The largest absolute Gasteiger partial charge is 0.494 e. The molecule has 1 amide bonds. The van der Waals surface area contributed by atoms with Crippen molar-refractivity contribution < 1.29 is 14.3 Å². The fraction of sp³-hybridized carbons (Fsp3) is 0.273. The van der Waals surface area contributed by atoms with E-state index < -0.39 is 0 Å². The third kappa shape index (κ3) is 4.62. The second-order valence-electron chi connectivity index (χ2n) is 6.03. The Morgan fingerprint density at radius 3 is 2.50 bits per heavy atom. The average Bonchev–Trinajstić information content (AvgIpc) is 3.04. The number of carbonyl (C=O) groups excluding carboxylic acids is 1. The van der Waals surface area contributed by atoms with E-state index in [4.69, 9.17) is 15.9 Å². The highest BCUT2D eigenvalue weighted by Crippen LogP contribution is 2.20. The highest BCUT2D eigenvalue weighted by molar-refractivity contribution is 7.16. The van der Waals surface area contributed by atoms with Crippen LogP contribution in [0.4, 0.5) is 0 Å². The van der Waals surface area contributed by atoms with Crippen LogP contribution in [-0.4, -0.2) is 23.7 Å². The quantitative estimate of drug-likeness (QED) is 0.573. The Balaban J connectivity index is 1.79. The van der Waals surface area contributed by atoms with Crippen LogP contribution < -0.4 is 14.3 Å². The summed E-state index contributed by atoms with van der Waals surface area (Å²) >= 11 is 1.46. The van der Waals surface area contributed by atoms with Crippen molar-refractivity contribution in [3.05, 3.63) is 52.8 Å². The normalized spacial score (nSPS) is 11.4. The monoisotopic (exact) mass is 394 g/mol. The molecule has 0 aliphatic heterocycles. The van der Waals surface area contributed by atoms with Crippen molar-refractivity contribution in [3.63, 3.8) is 0 Å². The lowest BCUT2D eigenvalue weighted by atomic mass is 10.2. The Hall–Kier alpha value is -3.04. The number of nitrogens with zero attached hydrogens (tertiary/aromatic N) is 2. The van der Waals surface area contributed by atoms with Crippen LogP contribution >= 0.6 is 11.3 Å². The Morgan fingerprint density at radius 2 is 1.86 bits per heavy atom. The molecule has 0 saturated carbocycles. The van der Waals surface area contributed by atoms with Crippen molar-refractivity contribution in [2.24, 2.45) is 4.99 Å². The molecule has 28 heavy (non-hydrogen) atoms. The molecule has 0 atom stereocenters. The van der Waals surface area contributed by atoms with Crippen molar-refractivity contribution in [2.75, 3.05) is 13.2 Å². The van der Waals surface area contributed by atoms with Gasteiger partial charge < -0.3 is 14.0 Å². The van der Waals surface area contributed by atoms with Gasteiger partial charge in [0.25, 0.3) is 5.91 Å². The van der Waals surface area contributed by atoms with Gasteiger partial charge in [-0.2, -0.15) is 4.99 Å². The van der Waals surface area contributed by atoms with E-state index in [0.717, 1.165) is 22.4 Å². The molecule has 0 N–H and O–H groups in total. The molecular formula is C22H22N2O3S. The van der Waals surface area contributed by atoms with Gasteiger partial charge >= 0.3 is 0 Å². The Kier molecular flexibility index (Phi) is 6.51. The first-order valence-electron chi connectivity index (χ1n) is 9.13. The SMILES string of the molecule is C#CCn1c(=NC(=O)COc2ccc(OCC)cc2)sc2cc(CC)ccc21. The number of hydrogen-bond acceptors (Lipinski definition) is 4. The predicted molar refractivity (Wildman–Crippen MR) is 112 cm³/mol. The van der Waals surface area contributed by atoms with Crippen LogP contribution in [0.3, 0.4) is 0 Å². The summed E-state index contributed by atoms with van der Waals surface area (Å²) in [5.74, 6) is 3.63. The van der Waals surface area contributed by atoms with E-state index in [-0.39, 0.29) is 12.5 Å². The van der Waals surface area contributed by atoms with Gasteiger partial charge in [-0.1, -0.05) is 30.2 Å². The molecule has 5 nitrogen and oxygen atoms in total. The molecule has 0 radical (unpaired) electrons. The van der Waals surface area contributed by atoms with Gasteiger partial charge in [-0.15, -0.1) is 6.42 Å². The Bertz CT molecular complexity index is 1070. The molecule has 6 heteroatoms. The first kappa shape index (κ1) is 19.7. The minimum atomic E-state index is -0.359. The van der Waals surface area contributed by atoms with E-state index in [9.17, 15) is 4.79 Å². The fourth-order valence-corrected chi connectivity index (χ4v) is 3.86. The number of benzene rings is 2. The van der Waals surface area contributed by atoms with Crippen LogP contribution in [0.25, 0.3) is 10.2 Å². The van der Waals surface area contributed by atoms with Crippen LogP contribution in [0.15, 0.2) is 47.5 Å². The van der Waals surface area contributed by atoms with Gasteiger partial charge in [-0.05, 0) is 55.3 Å². The molecule has 144 valence electrons. The number of carbonyl (C=O) groups is 1. The number of rotatable bonds is 7. The number of thiazole rings is 1. The Labute approximate surface area is 168 Å². The number of fused-ring (bicyclic) bond motifs is 1. The van der Waals surface area contributed by atoms with Gasteiger partial charge in [0.05, 0.1) is 23.4 Å². The third-order valence-corrected chi connectivity index (χ3v) is 5.16. The molecule has 1 heterocycles. The predicted octanol–water partition coefficient (Wildman–Crippen LogP) is 3.80. The number of ether oxygens (including phenoxy) is 2. The van der Waals surface area contributed by atoms with Gasteiger partial charge in [0.15, 0.2) is 11.4 Å². The lowest BCUT2D eigenvalue weighted by Crippen LogP contribution is -2.19. The summed E-state index contributed by atoms with van der Waals surface area (Å²) in [6, 6.07) is 13.4. The van der Waals surface area contributed by atoms with Crippen molar-refractivity contribution in [1.29, 1.82) is 0 Å². The molecule has 3 rings (SSSR count). The van der Waals surface area contributed by atoms with E-state index in [1.165, 1.54) is 16.9 Å².